The minimum absolute atomic E-state index is 0.333. The topological polar surface area (TPSA) is 185 Å². The number of amides is 4. The van der Waals surface area contributed by atoms with Crippen LogP contribution in [0.1, 0.15) is 31.7 Å². The van der Waals surface area contributed by atoms with Crippen molar-refractivity contribution in [3.63, 3.8) is 0 Å². The number of aliphatic carboxylic acids is 1. The van der Waals surface area contributed by atoms with E-state index in [4.69, 9.17) is 16.6 Å². The lowest BCUT2D eigenvalue weighted by Crippen LogP contribution is -2.56. The Kier molecular flexibility index (Phi) is 8.71. The van der Waals surface area contributed by atoms with Gasteiger partial charge in [-0.25, -0.2) is 4.79 Å². The van der Waals surface area contributed by atoms with Crippen LogP contribution in [-0.2, 0) is 30.4 Å². The summed E-state index contributed by atoms with van der Waals surface area (Å²) in [6, 6.07) is 5.12. The van der Waals surface area contributed by atoms with E-state index in [1.54, 1.807) is 0 Å². The molecule has 11 heteroatoms. The molecule has 1 aliphatic heterocycles. The van der Waals surface area contributed by atoms with Crippen molar-refractivity contribution in [2.45, 2.75) is 56.8 Å². The fraction of sp³-hybridized carbons (Fsp3) is 0.476. The average molecular weight is 447 g/mol. The molecule has 0 aromatic heterocycles. The van der Waals surface area contributed by atoms with Crippen molar-refractivity contribution in [1.82, 2.24) is 15.5 Å². The van der Waals surface area contributed by atoms with E-state index in [-0.39, 0.29) is 5.91 Å². The lowest BCUT2D eigenvalue weighted by atomic mass is 10.1. The number of carboxylic acid groups (broad SMARTS) is 1. The summed E-state index contributed by atoms with van der Waals surface area (Å²) < 4.78 is 0. The molecule has 174 valence electrons. The average Bonchev–Trinajstić information content (AvgIpc) is 3.22. The molecule has 32 heavy (non-hydrogen) atoms. The van der Waals surface area contributed by atoms with Gasteiger partial charge in [-0.05, 0) is 31.7 Å². The Morgan fingerprint density at radius 2 is 1.81 bits per heavy atom. The highest BCUT2D eigenvalue weighted by Gasteiger charge is 2.37. The molecule has 1 aromatic rings. The fourth-order valence-electron chi connectivity index (χ4n) is 3.54. The number of nitrogens with two attached hydrogens (primary N) is 2. The van der Waals surface area contributed by atoms with Crippen molar-refractivity contribution in [2.24, 2.45) is 11.5 Å². The standard InChI is InChI=1S/C21H29N5O6/c1-12(18(28)25-15(21(31)32)11-17(23)27)24-19(29)16-8-5-9-26(16)20(30)14(22)10-13-6-3-2-4-7-13/h2-4,6-7,12,14-16H,5,8-11,22H2,1H3,(H2,23,27)(H,24,29)(H,25,28)(H,31,32). The van der Waals surface area contributed by atoms with Gasteiger partial charge in [0.2, 0.25) is 23.6 Å². The van der Waals surface area contributed by atoms with Gasteiger partial charge in [0.1, 0.15) is 18.1 Å². The number of primary amides is 1. The summed E-state index contributed by atoms with van der Waals surface area (Å²) in [4.78, 5) is 61.4. The predicted molar refractivity (Wildman–Crippen MR) is 114 cm³/mol. The highest BCUT2D eigenvalue weighted by atomic mass is 16.4. The van der Waals surface area contributed by atoms with E-state index in [1.165, 1.54) is 11.8 Å². The van der Waals surface area contributed by atoms with Crippen LogP contribution in [0, 0.1) is 0 Å². The van der Waals surface area contributed by atoms with Crippen LogP contribution >= 0.6 is 0 Å². The van der Waals surface area contributed by atoms with Crippen molar-refractivity contribution in [1.29, 1.82) is 0 Å². The number of likely N-dealkylation sites (tertiary alicyclic amines) is 1. The Labute approximate surface area is 185 Å². The maximum absolute atomic E-state index is 12.8. The maximum Gasteiger partial charge on any atom is 0.326 e. The monoisotopic (exact) mass is 447 g/mol. The molecule has 7 N–H and O–H groups in total. The Morgan fingerprint density at radius 1 is 1.16 bits per heavy atom. The smallest absolute Gasteiger partial charge is 0.326 e. The zero-order valence-electron chi connectivity index (χ0n) is 17.8. The number of carbonyl (C=O) groups is 5. The normalized spacial score (nSPS) is 18.3. The Hall–Kier alpha value is -3.47. The molecule has 1 aliphatic rings. The van der Waals surface area contributed by atoms with E-state index in [2.05, 4.69) is 10.6 Å². The number of benzene rings is 1. The van der Waals surface area contributed by atoms with Gasteiger partial charge in [0, 0.05) is 6.54 Å². The predicted octanol–water partition coefficient (Wildman–Crippen LogP) is -1.50. The Morgan fingerprint density at radius 3 is 2.41 bits per heavy atom. The van der Waals surface area contributed by atoms with E-state index >= 15 is 0 Å². The quantitative estimate of drug-likeness (QED) is 0.289. The lowest BCUT2D eigenvalue weighted by Gasteiger charge is -2.28. The van der Waals surface area contributed by atoms with E-state index in [1.807, 2.05) is 30.3 Å². The molecule has 0 radical (unpaired) electrons. The van der Waals surface area contributed by atoms with Crippen LogP contribution in [-0.4, -0.2) is 70.3 Å². The molecule has 1 saturated heterocycles. The summed E-state index contributed by atoms with van der Waals surface area (Å²) in [7, 11) is 0. The number of hydrogen-bond acceptors (Lipinski definition) is 6. The van der Waals surface area contributed by atoms with Crippen molar-refractivity contribution >= 4 is 29.6 Å². The summed E-state index contributed by atoms with van der Waals surface area (Å²) in [5, 5.41) is 13.8. The van der Waals surface area contributed by atoms with Crippen LogP contribution in [0.4, 0.5) is 0 Å². The van der Waals surface area contributed by atoms with Gasteiger partial charge in [-0.3, -0.25) is 19.2 Å². The Bertz CT molecular complexity index is 861. The molecule has 1 heterocycles. The zero-order valence-corrected chi connectivity index (χ0v) is 17.8. The zero-order chi connectivity index (χ0) is 23.8. The first-order valence-corrected chi connectivity index (χ1v) is 10.3. The third kappa shape index (κ3) is 6.77. The van der Waals surface area contributed by atoms with Crippen LogP contribution in [0.2, 0.25) is 0 Å². The van der Waals surface area contributed by atoms with E-state index in [0.29, 0.717) is 25.8 Å². The molecule has 0 saturated carbocycles. The second kappa shape index (κ2) is 11.2. The van der Waals surface area contributed by atoms with Gasteiger partial charge in [-0.2, -0.15) is 0 Å². The van der Waals surface area contributed by atoms with Crippen molar-refractivity contribution in [3.05, 3.63) is 35.9 Å². The van der Waals surface area contributed by atoms with Gasteiger partial charge in [-0.15, -0.1) is 0 Å². The van der Waals surface area contributed by atoms with Crippen molar-refractivity contribution < 1.29 is 29.1 Å². The fourth-order valence-corrected chi connectivity index (χ4v) is 3.54. The van der Waals surface area contributed by atoms with Crippen LogP contribution in [0.15, 0.2) is 30.3 Å². The molecular formula is C21H29N5O6. The number of hydrogen-bond donors (Lipinski definition) is 5. The molecule has 11 nitrogen and oxygen atoms in total. The number of carbonyl (C=O) groups excluding carboxylic acids is 4. The van der Waals surface area contributed by atoms with Gasteiger partial charge in [0.25, 0.3) is 0 Å². The molecular weight excluding hydrogens is 418 g/mol. The molecule has 0 aliphatic carbocycles. The summed E-state index contributed by atoms with van der Waals surface area (Å²) in [6.07, 6.45) is 0.789. The third-order valence-electron chi connectivity index (χ3n) is 5.23. The van der Waals surface area contributed by atoms with Crippen LogP contribution in [0.25, 0.3) is 0 Å². The van der Waals surface area contributed by atoms with Gasteiger partial charge < -0.3 is 32.1 Å². The molecule has 4 unspecified atom stereocenters. The molecule has 4 atom stereocenters. The van der Waals surface area contributed by atoms with Gasteiger partial charge in [-0.1, -0.05) is 30.3 Å². The molecule has 0 spiro atoms. The first kappa shape index (κ1) is 24.8. The summed E-state index contributed by atoms with van der Waals surface area (Å²) >= 11 is 0. The van der Waals surface area contributed by atoms with Crippen molar-refractivity contribution in [3.8, 4) is 0 Å². The largest absolute Gasteiger partial charge is 0.480 e. The minimum Gasteiger partial charge on any atom is -0.480 e. The Balaban J connectivity index is 1.95. The van der Waals surface area contributed by atoms with Crippen LogP contribution < -0.4 is 22.1 Å². The number of nitrogens with zero attached hydrogens (tertiary/aromatic N) is 1. The molecule has 2 rings (SSSR count). The van der Waals surface area contributed by atoms with Crippen LogP contribution in [0.3, 0.4) is 0 Å². The van der Waals surface area contributed by atoms with E-state index in [9.17, 15) is 24.0 Å². The second-order valence-corrected chi connectivity index (χ2v) is 7.79. The van der Waals surface area contributed by atoms with Gasteiger partial charge in [0.15, 0.2) is 0 Å². The summed E-state index contributed by atoms with van der Waals surface area (Å²) in [5.74, 6) is -3.98. The number of rotatable bonds is 10. The number of carboxylic acids is 1. The molecule has 1 fully saturated rings. The van der Waals surface area contributed by atoms with Gasteiger partial charge in [0.05, 0.1) is 12.5 Å². The minimum atomic E-state index is -1.50. The van der Waals surface area contributed by atoms with Crippen LogP contribution in [0.5, 0.6) is 0 Å². The summed E-state index contributed by atoms with van der Waals surface area (Å²) in [5.41, 5.74) is 12.0. The third-order valence-corrected chi connectivity index (χ3v) is 5.23. The lowest BCUT2D eigenvalue weighted by molar-refractivity contribution is -0.144. The second-order valence-electron chi connectivity index (χ2n) is 7.79. The first-order chi connectivity index (χ1) is 15.1. The molecule has 4 amide bonds. The highest BCUT2D eigenvalue weighted by molar-refractivity contribution is 5.95. The molecule has 1 aromatic carbocycles. The van der Waals surface area contributed by atoms with Crippen molar-refractivity contribution in [2.75, 3.05) is 6.54 Å². The number of nitrogens with one attached hydrogen (secondary N) is 2. The van der Waals surface area contributed by atoms with E-state index < -0.39 is 54.3 Å². The summed E-state index contributed by atoms with van der Waals surface area (Å²) in [6.45, 7) is 1.75. The first-order valence-electron chi connectivity index (χ1n) is 10.3. The maximum atomic E-state index is 12.8. The van der Waals surface area contributed by atoms with Gasteiger partial charge >= 0.3 is 5.97 Å². The van der Waals surface area contributed by atoms with E-state index in [0.717, 1.165) is 5.56 Å². The SMILES string of the molecule is CC(NC(=O)C1CCCN1C(=O)C(N)Cc1ccccc1)C(=O)NC(CC(N)=O)C(=O)O. The highest BCUT2D eigenvalue weighted by Crippen LogP contribution is 2.19. The molecule has 0 bridgehead atoms.